The van der Waals surface area contributed by atoms with E-state index in [0.29, 0.717) is 5.02 Å². The molecule has 0 amide bonds. The predicted molar refractivity (Wildman–Crippen MR) is 88.4 cm³/mol. The van der Waals surface area contributed by atoms with Gasteiger partial charge in [0.15, 0.2) is 0 Å². The third-order valence-corrected chi connectivity index (χ3v) is 3.80. The minimum Gasteiger partial charge on any atom is -0.457 e. The van der Waals surface area contributed by atoms with Crippen LogP contribution in [0.2, 0.25) is 5.02 Å². The molecule has 0 atom stereocenters. The number of halogens is 1. The summed E-state index contributed by atoms with van der Waals surface area (Å²) in [6, 6.07) is 15.8. The first-order chi connectivity index (χ1) is 10.3. The Hall–Kier alpha value is -1.93. The Morgan fingerprint density at radius 2 is 1.76 bits per heavy atom. The quantitative estimate of drug-likeness (QED) is 0.573. The summed E-state index contributed by atoms with van der Waals surface area (Å²) in [5, 5.41) is 1.92. The topological polar surface area (TPSA) is 14.2 Å². The number of fused-ring (bicyclic) bond motifs is 1. The standard InChI is InChI=1S/C18H18ClNO/c1-2-3-11-20-12-10-14-13-17(8-9-18(14)20)21-16-6-4-15(19)5-7-16/h4-10,12-13H,2-3,11H2,1H3. The molecular formula is C18H18ClNO. The second-order valence-electron chi connectivity index (χ2n) is 5.14. The van der Waals surface area contributed by atoms with Gasteiger partial charge in [0.2, 0.25) is 0 Å². The van der Waals surface area contributed by atoms with Gasteiger partial charge in [-0.15, -0.1) is 0 Å². The number of aromatic nitrogens is 1. The van der Waals surface area contributed by atoms with Crippen molar-refractivity contribution in [3.63, 3.8) is 0 Å². The Kier molecular flexibility index (Phi) is 4.16. The van der Waals surface area contributed by atoms with E-state index in [-0.39, 0.29) is 0 Å². The number of rotatable bonds is 5. The number of nitrogens with zero attached hydrogens (tertiary/aromatic N) is 1. The average molecular weight is 300 g/mol. The molecule has 0 unspecified atom stereocenters. The second-order valence-corrected chi connectivity index (χ2v) is 5.58. The Morgan fingerprint density at radius 3 is 2.52 bits per heavy atom. The molecule has 3 rings (SSSR count). The molecule has 1 heterocycles. The number of benzene rings is 2. The predicted octanol–water partition coefficient (Wildman–Crippen LogP) is 5.89. The highest BCUT2D eigenvalue weighted by molar-refractivity contribution is 6.30. The lowest BCUT2D eigenvalue weighted by Gasteiger charge is -2.07. The van der Waals surface area contributed by atoms with E-state index >= 15 is 0 Å². The molecule has 3 heteroatoms. The summed E-state index contributed by atoms with van der Waals surface area (Å²) in [5.41, 5.74) is 1.26. The molecule has 2 aromatic carbocycles. The van der Waals surface area contributed by atoms with Gasteiger partial charge in [0.05, 0.1) is 0 Å². The van der Waals surface area contributed by atoms with Crippen molar-refractivity contribution < 1.29 is 4.74 Å². The summed E-state index contributed by atoms with van der Waals surface area (Å²) in [6.07, 6.45) is 4.55. The number of unbranched alkanes of at least 4 members (excludes halogenated alkanes) is 1. The minimum atomic E-state index is 0.714. The zero-order valence-corrected chi connectivity index (χ0v) is 12.8. The Bertz CT molecular complexity index is 731. The lowest BCUT2D eigenvalue weighted by molar-refractivity contribution is 0.483. The second kappa shape index (κ2) is 6.23. The van der Waals surface area contributed by atoms with E-state index < -0.39 is 0 Å². The smallest absolute Gasteiger partial charge is 0.128 e. The number of hydrogen-bond acceptors (Lipinski definition) is 1. The molecule has 0 aliphatic rings. The van der Waals surface area contributed by atoms with E-state index in [9.17, 15) is 0 Å². The fourth-order valence-electron chi connectivity index (χ4n) is 2.40. The van der Waals surface area contributed by atoms with Crippen molar-refractivity contribution >= 4 is 22.5 Å². The van der Waals surface area contributed by atoms with Crippen molar-refractivity contribution in [2.45, 2.75) is 26.3 Å². The van der Waals surface area contributed by atoms with Crippen LogP contribution in [0.5, 0.6) is 11.5 Å². The summed E-state index contributed by atoms with van der Waals surface area (Å²) in [6.45, 7) is 3.28. The van der Waals surface area contributed by atoms with Crippen molar-refractivity contribution in [3.8, 4) is 11.5 Å². The van der Waals surface area contributed by atoms with Gasteiger partial charge in [-0.2, -0.15) is 0 Å². The van der Waals surface area contributed by atoms with Gasteiger partial charge < -0.3 is 9.30 Å². The van der Waals surface area contributed by atoms with Gasteiger partial charge in [-0.05, 0) is 55.0 Å². The lowest BCUT2D eigenvalue weighted by Crippen LogP contribution is -1.94. The highest BCUT2D eigenvalue weighted by Crippen LogP contribution is 2.27. The lowest BCUT2D eigenvalue weighted by atomic mass is 10.2. The van der Waals surface area contributed by atoms with Gasteiger partial charge in [-0.1, -0.05) is 24.9 Å². The molecule has 0 saturated heterocycles. The molecule has 2 nitrogen and oxygen atoms in total. The molecule has 21 heavy (non-hydrogen) atoms. The Balaban J connectivity index is 1.82. The van der Waals surface area contributed by atoms with Crippen LogP contribution in [-0.4, -0.2) is 4.57 Å². The monoisotopic (exact) mass is 299 g/mol. The van der Waals surface area contributed by atoms with Crippen molar-refractivity contribution in [2.75, 3.05) is 0 Å². The minimum absolute atomic E-state index is 0.714. The van der Waals surface area contributed by atoms with Crippen molar-refractivity contribution in [3.05, 3.63) is 59.8 Å². The molecule has 1 aromatic heterocycles. The van der Waals surface area contributed by atoms with Gasteiger partial charge in [0, 0.05) is 28.7 Å². The normalized spacial score (nSPS) is 11.0. The van der Waals surface area contributed by atoms with E-state index in [2.05, 4.69) is 35.9 Å². The third kappa shape index (κ3) is 3.22. The maximum atomic E-state index is 5.88. The van der Waals surface area contributed by atoms with Crippen LogP contribution in [0.1, 0.15) is 19.8 Å². The van der Waals surface area contributed by atoms with E-state index in [1.807, 2.05) is 30.3 Å². The fourth-order valence-corrected chi connectivity index (χ4v) is 2.53. The zero-order valence-electron chi connectivity index (χ0n) is 12.1. The molecule has 0 spiro atoms. The van der Waals surface area contributed by atoms with E-state index in [1.165, 1.54) is 23.7 Å². The molecule has 0 aliphatic heterocycles. The highest BCUT2D eigenvalue weighted by atomic mass is 35.5. The summed E-state index contributed by atoms with van der Waals surface area (Å²) in [4.78, 5) is 0. The molecule has 0 bridgehead atoms. The largest absolute Gasteiger partial charge is 0.457 e. The Labute approximate surface area is 129 Å². The Morgan fingerprint density at radius 1 is 1.00 bits per heavy atom. The first kappa shape index (κ1) is 14.0. The van der Waals surface area contributed by atoms with Crippen molar-refractivity contribution in [2.24, 2.45) is 0 Å². The first-order valence-corrected chi connectivity index (χ1v) is 7.66. The van der Waals surface area contributed by atoms with Crippen molar-refractivity contribution in [1.29, 1.82) is 0 Å². The molecular weight excluding hydrogens is 282 g/mol. The fraction of sp³-hybridized carbons (Fsp3) is 0.222. The van der Waals surface area contributed by atoms with Crippen LogP contribution < -0.4 is 4.74 Å². The van der Waals surface area contributed by atoms with E-state index in [4.69, 9.17) is 16.3 Å². The molecule has 3 aromatic rings. The van der Waals surface area contributed by atoms with E-state index in [0.717, 1.165) is 18.0 Å². The van der Waals surface area contributed by atoms with Crippen LogP contribution in [0.15, 0.2) is 54.7 Å². The summed E-state index contributed by atoms with van der Waals surface area (Å²) < 4.78 is 8.16. The summed E-state index contributed by atoms with van der Waals surface area (Å²) >= 11 is 5.88. The summed E-state index contributed by atoms with van der Waals surface area (Å²) in [7, 11) is 0. The number of ether oxygens (including phenoxy) is 1. The maximum absolute atomic E-state index is 5.88. The number of aryl methyl sites for hydroxylation is 1. The highest BCUT2D eigenvalue weighted by Gasteiger charge is 2.03. The van der Waals surface area contributed by atoms with Crippen LogP contribution in [0.3, 0.4) is 0 Å². The SMILES string of the molecule is CCCCn1ccc2cc(Oc3ccc(Cl)cc3)ccc21. The van der Waals surface area contributed by atoms with E-state index in [1.54, 1.807) is 0 Å². The van der Waals surface area contributed by atoms with Crippen LogP contribution in [0.25, 0.3) is 10.9 Å². The molecule has 0 aliphatic carbocycles. The molecule has 0 radical (unpaired) electrons. The maximum Gasteiger partial charge on any atom is 0.128 e. The average Bonchev–Trinajstić information content (AvgIpc) is 2.90. The van der Waals surface area contributed by atoms with Crippen LogP contribution in [-0.2, 0) is 6.54 Å². The molecule has 0 saturated carbocycles. The van der Waals surface area contributed by atoms with Gasteiger partial charge in [0.25, 0.3) is 0 Å². The molecule has 0 N–H and O–H groups in total. The zero-order chi connectivity index (χ0) is 14.7. The van der Waals surface area contributed by atoms with Crippen molar-refractivity contribution in [1.82, 2.24) is 4.57 Å². The van der Waals surface area contributed by atoms with Gasteiger partial charge in [-0.3, -0.25) is 0 Å². The third-order valence-electron chi connectivity index (χ3n) is 3.54. The van der Waals surface area contributed by atoms with Gasteiger partial charge in [-0.25, -0.2) is 0 Å². The summed E-state index contributed by atoms with van der Waals surface area (Å²) in [5.74, 6) is 1.64. The van der Waals surface area contributed by atoms with Crippen LogP contribution in [0.4, 0.5) is 0 Å². The first-order valence-electron chi connectivity index (χ1n) is 7.28. The molecule has 0 fully saturated rings. The van der Waals surface area contributed by atoms with Gasteiger partial charge >= 0.3 is 0 Å². The van der Waals surface area contributed by atoms with Crippen LogP contribution >= 0.6 is 11.6 Å². The van der Waals surface area contributed by atoms with Gasteiger partial charge in [0.1, 0.15) is 11.5 Å². The molecule has 108 valence electrons. The van der Waals surface area contributed by atoms with Crippen LogP contribution in [0, 0.1) is 0 Å². The number of hydrogen-bond donors (Lipinski definition) is 0.